The van der Waals surface area contributed by atoms with Gasteiger partial charge in [0.05, 0.1) is 5.56 Å². The van der Waals surface area contributed by atoms with Crippen molar-refractivity contribution in [3.8, 4) is 17.2 Å². The van der Waals surface area contributed by atoms with E-state index >= 15 is 0 Å². The summed E-state index contributed by atoms with van der Waals surface area (Å²) in [6, 6.07) is 13.0. The molecule has 2 aromatic carbocycles. The van der Waals surface area contributed by atoms with Gasteiger partial charge in [0.15, 0.2) is 0 Å². The maximum Gasteiger partial charge on any atom is 0.343 e. The van der Waals surface area contributed by atoms with Crippen LogP contribution in [0.1, 0.15) is 141 Å². The van der Waals surface area contributed by atoms with Crippen LogP contribution in [0.15, 0.2) is 72.8 Å². The van der Waals surface area contributed by atoms with E-state index in [0.29, 0.717) is 54.1 Å². The average Bonchev–Trinajstić information content (AvgIpc) is 3.54. The van der Waals surface area contributed by atoms with Crippen molar-refractivity contribution in [1.82, 2.24) is 0 Å². The monoisotopic (exact) mass is 766 g/mol. The molecule has 304 valence electrons. The topological polar surface area (TPSA) is 88.1 Å². The Kier molecular flexibility index (Phi) is 13.9. The summed E-state index contributed by atoms with van der Waals surface area (Å²) in [7, 11) is 0. The maximum absolute atomic E-state index is 12.9. The number of allylic oxidation sites excluding steroid dienone is 1. The summed E-state index contributed by atoms with van der Waals surface area (Å²) < 4.78 is 22.4. The molecule has 4 aliphatic rings. The van der Waals surface area contributed by atoms with Gasteiger partial charge in [-0.05, 0) is 153 Å². The Bertz CT molecular complexity index is 1690. The molecule has 7 heteroatoms. The molecule has 2 aromatic rings. The SMILES string of the molecule is C=CCOc1ccc(C(=O)Oc2ccc(OC(=O)CCCCC(=O)O[C@H]3CC[C@@]4(C)C(=CC[C@H]5[C@@H]6CC[C@H]([C@H](C)CCCC(C)C)[C@@]6(C)CC[C@@H]54)C3)cc2)cc1. The van der Waals surface area contributed by atoms with E-state index in [4.69, 9.17) is 18.9 Å². The third-order valence-electron chi connectivity index (χ3n) is 14.3. The third-order valence-corrected chi connectivity index (χ3v) is 14.3. The zero-order valence-corrected chi connectivity index (χ0v) is 34.7. The summed E-state index contributed by atoms with van der Waals surface area (Å²) in [5, 5.41) is 0. The van der Waals surface area contributed by atoms with Gasteiger partial charge in [-0.25, -0.2) is 4.79 Å². The molecule has 3 saturated carbocycles. The molecule has 0 N–H and O–H groups in total. The van der Waals surface area contributed by atoms with E-state index in [-0.39, 0.29) is 29.9 Å². The number of hydrogen-bond acceptors (Lipinski definition) is 7. The predicted octanol–water partition coefficient (Wildman–Crippen LogP) is 11.9. The molecule has 0 saturated heterocycles. The van der Waals surface area contributed by atoms with E-state index in [1.54, 1.807) is 54.6 Å². The molecule has 56 heavy (non-hydrogen) atoms. The number of benzene rings is 2. The first-order chi connectivity index (χ1) is 26.9. The lowest BCUT2D eigenvalue weighted by atomic mass is 9.47. The summed E-state index contributed by atoms with van der Waals surface area (Å²) in [5.74, 6) is 5.18. The lowest BCUT2D eigenvalue weighted by Crippen LogP contribution is -2.51. The van der Waals surface area contributed by atoms with E-state index in [1.807, 2.05) is 0 Å². The Morgan fingerprint density at radius 3 is 2.16 bits per heavy atom. The van der Waals surface area contributed by atoms with E-state index in [9.17, 15) is 14.4 Å². The lowest BCUT2D eigenvalue weighted by Gasteiger charge is -2.58. The number of carbonyl (C=O) groups excluding carboxylic acids is 3. The van der Waals surface area contributed by atoms with Crippen LogP contribution in [-0.2, 0) is 14.3 Å². The van der Waals surface area contributed by atoms with Crippen LogP contribution in [-0.4, -0.2) is 30.6 Å². The van der Waals surface area contributed by atoms with Crippen molar-refractivity contribution in [2.75, 3.05) is 6.61 Å². The first kappa shape index (κ1) is 41.8. The largest absolute Gasteiger partial charge is 0.490 e. The molecule has 0 amide bonds. The normalized spacial score (nSPS) is 28.5. The number of ether oxygens (including phenoxy) is 4. The van der Waals surface area contributed by atoms with Gasteiger partial charge in [0.1, 0.15) is 30.0 Å². The van der Waals surface area contributed by atoms with Crippen LogP contribution in [0.4, 0.5) is 0 Å². The highest BCUT2D eigenvalue weighted by molar-refractivity contribution is 5.91. The highest BCUT2D eigenvalue weighted by Crippen LogP contribution is 2.67. The molecular formula is C49H66O7. The molecule has 0 unspecified atom stereocenters. The zero-order chi connectivity index (χ0) is 39.9. The van der Waals surface area contributed by atoms with Crippen molar-refractivity contribution in [2.45, 2.75) is 137 Å². The Morgan fingerprint density at radius 1 is 0.786 bits per heavy atom. The molecule has 4 aliphatic carbocycles. The molecule has 8 atom stereocenters. The molecule has 0 bridgehead atoms. The Labute approximate surface area is 336 Å². The molecule has 3 fully saturated rings. The van der Waals surface area contributed by atoms with Gasteiger partial charge >= 0.3 is 17.9 Å². The van der Waals surface area contributed by atoms with Gasteiger partial charge in [-0.2, -0.15) is 0 Å². The van der Waals surface area contributed by atoms with Gasteiger partial charge in [-0.1, -0.05) is 78.2 Å². The summed E-state index contributed by atoms with van der Waals surface area (Å²) in [4.78, 5) is 37.9. The minimum absolute atomic E-state index is 0.0514. The van der Waals surface area contributed by atoms with E-state index in [2.05, 4.69) is 47.3 Å². The van der Waals surface area contributed by atoms with Crippen LogP contribution in [0.25, 0.3) is 0 Å². The molecule has 0 aliphatic heterocycles. The first-order valence-electron chi connectivity index (χ1n) is 21.6. The minimum atomic E-state index is -0.503. The second kappa shape index (κ2) is 18.6. The molecule has 0 radical (unpaired) electrons. The molecule has 7 nitrogen and oxygen atoms in total. The minimum Gasteiger partial charge on any atom is -0.490 e. The van der Waals surface area contributed by atoms with Gasteiger partial charge < -0.3 is 18.9 Å². The van der Waals surface area contributed by atoms with E-state index in [0.717, 1.165) is 54.8 Å². The molecule has 0 spiro atoms. The van der Waals surface area contributed by atoms with E-state index < -0.39 is 5.97 Å². The lowest BCUT2D eigenvalue weighted by molar-refractivity contribution is -0.152. The van der Waals surface area contributed by atoms with Gasteiger partial charge in [0.2, 0.25) is 0 Å². The second-order valence-electron chi connectivity index (χ2n) is 18.3. The van der Waals surface area contributed by atoms with Crippen LogP contribution in [0.5, 0.6) is 17.2 Å². The average molecular weight is 767 g/mol. The Morgan fingerprint density at radius 2 is 1.46 bits per heavy atom. The van der Waals surface area contributed by atoms with Crippen molar-refractivity contribution < 1.29 is 33.3 Å². The van der Waals surface area contributed by atoms with Crippen LogP contribution in [0.2, 0.25) is 0 Å². The highest BCUT2D eigenvalue weighted by Gasteiger charge is 2.59. The highest BCUT2D eigenvalue weighted by atomic mass is 16.5. The summed E-state index contributed by atoms with van der Waals surface area (Å²) in [5.41, 5.74) is 2.65. The number of hydrogen-bond donors (Lipinski definition) is 0. The fraction of sp³-hybridized carbons (Fsp3) is 0.612. The Balaban J connectivity index is 0.895. The van der Waals surface area contributed by atoms with Crippen molar-refractivity contribution in [1.29, 1.82) is 0 Å². The quantitative estimate of drug-likeness (QED) is 0.0685. The number of carbonyl (C=O) groups is 3. The van der Waals surface area contributed by atoms with Crippen LogP contribution in [0.3, 0.4) is 0 Å². The number of rotatable bonds is 17. The molecule has 6 rings (SSSR count). The molecule has 0 aromatic heterocycles. The Hall–Kier alpha value is -3.87. The fourth-order valence-corrected chi connectivity index (χ4v) is 11.3. The third kappa shape index (κ3) is 9.80. The number of unbranched alkanes of at least 4 members (excludes halogenated alkanes) is 1. The molecule has 0 heterocycles. The van der Waals surface area contributed by atoms with E-state index in [1.165, 1.54) is 56.9 Å². The smallest absolute Gasteiger partial charge is 0.343 e. The van der Waals surface area contributed by atoms with Gasteiger partial charge in [-0.15, -0.1) is 0 Å². The predicted molar refractivity (Wildman–Crippen MR) is 221 cm³/mol. The summed E-state index contributed by atoms with van der Waals surface area (Å²) in [6.45, 7) is 16.5. The standard InChI is InChI=1S/C49H66O7/c1-7-31-53-37-18-15-35(16-19-37)47(52)56-39-22-20-38(21-23-39)54-45(50)13-8-9-14-46(51)55-40-27-29-48(5)36(32-40)17-24-41-43-26-25-42(34(4)12-10-11-33(2)3)49(43,6)30-28-44(41)48/h7,15-23,33-34,40-44H,1,8-14,24-32H2,2-6H3/t34-,40+,41+,42-,43+,44+,48+,49-/m1/s1. The van der Waals surface area contributed by atoms with Gasteiger partial charge in [0.25, 0.3) is 0 Å². The van der Waals surface area contributed by atoms with Crippen LogP contribution >= 0.6 is 0 Å². The zero-order valence-electron chi connectivity index (χ0n) is 34.7. The molecular weight excluding hydrogens is 701 g/mol. The number of fused-ring (bicyclic) bond motifs is 5. The van der Waals surface area contributed by atoms with Gasteiger partial charge in [0, 0.05) is 19.3 Å². The number of esters is 3. The fourth-order valence-electron chi connectivity index (χ4n) is 11.3. The summed E-state index contributed by atoms with van der Waals surface area (Å²) in [6.07, 6.45) is 19.5. The van der Waals surface area contributed by atoms with Crippen LogP contribution in [0, 0.1) is 46.3 Å². The van der Waals surface area contributed by atoms with Gasteiger partial charge in [-0.3, -0.25) is 9.59 Å². The van der Waals surface area contributed by atoms with Crippen molar-refractivity contribution >= 4 is 17.9 Å². The van der Waals surface area contributed by atoms with Crippen molar-refractivity contribution in [3.63, 3.8) is 0 Å². The maximum atomic E-state index is 12.9. The van der Waals surface area contributed by atoms with Crippen molar-refractivity contribution in [2.24, 2.45) is 46.3 Å². The summed E-state index contributed by atoms with van der Waals surface area (Å²) >= 11 is 0. The first-order valence-corrected chi connectivity index (χ1v) is 21.6. The van der Waals surface area contributed by atoms with Crippen LogP contribution < -0.4 is 14.2 Å². The second-order valence-corrected chi connectivity index (χ2v) is 18.3. The van der Waals surface area contributed by atoms with Crippen molar-refractivity contribution in [3.05, 3.63) is 78.4 Å².